The van der Waals surface area contributed by atoms with Gasteiger partial charge < -0.3 is 9.84 Å². The Morgan fingerprint density at radius 2 is 1.96 bits per heavy atom. The second kappa shape index (κ2) is 6.88. The molecule has 1 aromatic carbocycles. The molecule has 3 rings (SSSR count). The molecule has 2 aromatic heterocycles. The lowest BCUT2D eigenvalue weighted by atomic mass is 9.96. The van der Waals surface area contributed by atoms with Gasteiger partial charge in [0.25, 0.3) is 0 Å². The summed E-state index contributed by atoms with van der Waals surface area (Å²) in [5.41, 5.74) is 2.52. The maximum Gasteiger partial charge on any atom is 0.227 e. The lowest BCUT2D eigenvalue weighted by Gasteiger charge is -2.10. The molecule has 0 aliphatic heterocycles. The fourth-order valence-corrected chi connectivity index (χ4v) is 2.25. The van der Waals surface area contributed by atoms with E-state index in [1.165, 1.54) is 0 Å². The molecule has 0 saturated heterocycles. The molecule has 2 heterocycles. The van der Waals surface area contributed by atoms with E-state index in [9.17, 15) is 4.79 Å². The van der Waals surface area contributed by atoms with Gasteiger partial charge >= 0.3 is 0 Å². The molecule has 0 fully saturated rings. The number of rotatable bonds is 5. The fraction of sp³-hybridized carbons (Fsp3) is 0.333. The number of benzene rings is 1. The molecule has 0 aliphatic rings. The van der Waals surface area contributed by atoms with Gasteiger partial charge in [-0.05, 0) is 23.8 Å². The maximum absolute atomic E-state index is 12.1. The number of aryl methyl sites for hydroxylation is 1. The molecular formula is C18H21N5O2. The fourth-order valence-electron chi connectivity index (χ4n) is 2.25. The van der Waals surface area contributed by atoms with Gasteiger partial charge in [-0.2, -0.15) is 10.1 Å². The number of carbonyl (C=O) groups excluding carboxylic acids is 1. The summed E-state index contributed by atoms with van der Waals surface area (Å²) in [4.78, 5) is 16.4. The van der Waals surface area contributed by atoms with Crippen molar-refractivity contribution in [1.29, 1.82) is 0 Å². The maximum atomic E-state index is 12.1. The molecule has 0 unspecified atom stereocenters. The number of nitrogens with one attached hydrogen (secondary N) is 2. The lowest BCUT2D eigenvalue weighted by molar-refractivity contribution is -0.116. The average Bonchev–Trinajstić information content (AvgIpc) is 3.25. The van der Waals surface area contributed by atoms with Crippen LogP contribution < -0.4 is 5.32 Å². The monoisotopic (exact) mass is 339 g/mol. The first-order valence-electron chi connectivity index (χ1n) is 8.14. The van der Waals surface area contributed by atoms with E-state index in [1.807, 2.05) is 51.1 Å². The number of amides is 1. The minimum Gasteiger partial charge on any atom is -0.339 e. The smallest absolute Gasteiger partial charge is 0.227 e. The first kappa shape index (κ1) is 16.9. The summed E-state index contributed by atoms with van der Waals surface area (Å²) in [6, 6.07) is 9.47. The Kier molecular flexibility index (Phi) is 4.65. The zero-order valence-corrected chi connectivity index (χ0v) is 14.5. The first-order valence-corrected chi connectivity index (χ1v) is 8.14. The van der Waals surface area contributed by atoms with Crippen molar-refractivity contribution in [2.45, 2.75) is 39.0 Å². The van der Waals surface area contributed by atoms with Crippen molar-refractivity contribution in [3.8, 4) is 11.3 Å². The van der Waals surface area contributed by atoms with Crippen LogP contribution in [0, 0.1) is 0 Å². The van der Waals surface area contributed by atoms with Gasteiger partial charge in [-0.1, -0.05) is 38.1 Å². The van der Waals surface area contributed by atoms with E-state index in [0.29, 0.717) is 18.1 Å². The lowest BCUT2D eigenvalue weighted by Crippen LogP contribution is -2.14. The second-order valence-corrected chi connectivity index (χ2v) is 6.86. The molecule has 0 radical (unpaired) electrons. The number of hydrogen-bond acceptors (Lipinski definition) is 5. The van der Waals surface area contributed by atoms with Gasteiger partial charge in [0.2, 0.25) is 11.8 Å². The molecule has 0 spiro atoms. The summed E-state index contributed by atoms with van der Waals surface area (Å²) in [5, 5.41) is 13.7. The SMILES string of the molecule is CC(C)(C)c1noc(CCC(=O)Nc2ccc(-c3ccn[nH]3)cc2)n1. The molecule has 0 atom stereocenters. The Labute approximate surface area is 145 Å². The highest BCUT2D eigenvalue weighted by Crippen LogP contribution is 2.20. The predicted octanol–water partition coefficient (Wildman–Crippen LogP) is 3.33. The van der Waals surface area contributed by atoms with E-state index >= 15 is 0 Å². The summed E-state index contributed by atoms with van der Waals surface area (Å²) < 4.78 is 5.20. The molecule has 7 nitrogen and oxygen atoms in total. The zero-order chi connectivity index (χ0) is 17.9. The largest absolute Gasteiger partial charge is 0.339 e. The van der Waals surface area contributed by atoms with E-state index in [-0.39, 0.29) is 17.7 Å². The highest BCUT2D eigenvalue weighted by atomic mass is 16.5. The van der Waals surface area contributed by atoms with Crippen LogP contribution >= 0.6 is 0 Å². The average molecular weight is 339 g/mol. The second-order valence-electron chi connectivity index (χ2n) is 6.86. The van der Waals surface area contributed by atoms with Crippen LogP contribution in [0.5, 0.6) is 0 Å². The van der Waals surface area contributed by atoms with Crippen LogP contribution in [-0.4, -0.2) is 26.2 Å². The number of carbonyl (C=O) groups is 1. The van der Waals surface area contributed by atoms with Gasteiger partial charge in [0.15, 0.2) is 5.82 Å². The quantitative estimate of drug-likeness (QED) is 0.743. The van der Waals surface area contributed by atoms with E-state index in [1.54, 1.807) is 6.20 Å². The van der Waals surface area contributed by atoms with Crippen molar-refractivity contribution in [3.05, 3.63) is 48.2 Å². The van der Waals surface area contributed by atoms with Crippen molar-refractivity contribution in [2.75, 3.05) is 5.32 Å². The molecule has 7 heteroatoms. The van der Waals surface area contributed by atoms with E-state index in [4.69, 9.17) is 4.52 Å². The minimum absolute atomic E-state index is 0.0928. The van der Waals surface area contributed by atoms with Gasteiger partial charge in [0, 0.05) is 30.1 Å². The highest BCUT2D eigenvalue weighted by Gasteiger charge is 2.21. The third-order valence-electron chi connectivity index (χ3n) is 3.69. The summed E-state index contributed by atoms with van der Waals surface area (Å²) in [6.07, 6.45) is 2.41. The Bertz CT molecular complexity index is 829. The van der Waals surface area contributed by atoms with Gasteiger partial charge in [-0.3, -0.25) is 9.89 Å². The van der Waals surface area contributed by atoms with Gasteiger partial charge in [0.05, 0.1) is 5.69 Å². The predicted molar refractivity (Wildman–Crippen MR) is 94.0 cm³/mol. The molecule has 25 heavy (non-hydrogen) atoms. The number of hydrogen-bond donors (Lipinski definition) is 2. The van der Waals surface area contributed by atoms with E-state index in [2.05, 4.69) is 25.7 Å². The molecule has 0 aliphatic carbocycles. The molecular weight excluding hydrogens is 318 g/mol. The van der Waals surface area contributed by atoms with Crippen molar-refractivity contribution in [1.82, 2.24) is 20.3 Å². The van der Waals surface area contributed by atoms with Gasteiger partial charge in [-0.15, -0.1) is 0 Å². The number of aromatic amines is 1. The first-order chi connectivity index (χ1) is 11.9. The topological polar surface area (TPSA) is 96.7 Å². The van der Waals surface area contributed by atoms with E-state index < -0.39 is 0 Å². The van der Waals surface area contributed by atoms with Crippen LogP contribution in [0.15, 0.2) is 41.1 Å². The van der Waals surface area contributed by atoms with Crippen molar-refractivity contribution in [3.63, 3.8) is 0 Å². The van der Waals surface area contributed by atoms with Crippen molar-refractivity contribution >= 4 is 11.6 Å². The Balaban J connectivity index is 1.53. The third-order valence-corrected chi connectivity index (χ3v) is 3.69. The molecule has 1 amide bonds. The Morgan fingerprint density at radius 3 is 2.56 bits per heavy atom. The standard InChI is InChI=1S/C18H21N5O2/c1-18(2,3)17-21-16(25-23-17)9-8-15(24)20-13-6-4-12(5-7-13)14-10-11-19-22-14/h4-7,10-11H,8-9H2,1-3H3,(H,19,22)(H,20,24). The van der Waals surface area contributed by atoms with Crippen LogP contribution in [0.1, 0.15) is 38.9 Å². The molecule has 130 valence electrons. The molecule has 0 bridgehead atoms. The van der Waals surface area contributed by atoms with Crippen molar-refractivity contribution < 1.29 is 9.32 Å². The summed E-state index contributed by atoms with van der Waals surface area (Å²) in [7, 11) is 0. The normalized spacial score (nSPS) is 11.5. The Hall–Kier alpha value is -2.96. The summed E-state index contributed by atoms with van der Waals surface area (Å²) in [5.74, 6) is 1.04. The summed E-state index contributed by atoms with van der Waals surface area (Å²) >= 11 is 0. The number of nitrogens with zero attached hydrogens (tertiary/aromatic N) is 3. The minimum atomic E-state index is -0.166. The highest BCUT2D eigenvalue weighted by molar-refractivity contribution is 5.91. The Morgan fingerprint density at radius 1 is 1.20 bits per heavy atom. The zero-order valence-electron chi connectivity index (χ0n) is 14.5. The van der Waals surface area contributed by atoms with Crippen LogP contribution in [0.4, 0.5) is 5.69 Å². The van der Waals surface area contributed by atoms with Crippen LogP contribution in [0.3, 0.4) is 0 Å². The molecule has 3 aromatic rings. The third kappa shape index (κ3) is 4.32. The van der Waals surface area contributed by atoms with Crippen LogP contribution in [0.25, 0.3) is 11.3 Å². The van der Waals surface area contributed by atoms with Crippen LogP contribution in [0.2, 0.25) is 0 Å². The number of H-pyrrole nitrogens is 1. The van der Waals surface area contributed by atoms with Gasteiger partial charge in [-0.25, -0.2) is 0 Å². The van der Waals surface area contributed by atoms with Crippen molar-refractivity contribution in [2.24, 2.45) is 0 Å². The number of anilines is 1. The van der Waals surface area contributed by atoms with E-state index in [0.717, 1.165) is 16.9 Å². The van der Waals surface area contributed by atoms with Crippen LogP contribution in [-0.2, 0) is 16.6 Å². The number of aromatic nitrogens is 4. The molecule has 2 N–H and O–H groups in total. The van der Waals surface area contributed by atoms with Gasteiger partial charge in [0.1, 0.15) is 0 Å². The molecule has 0 saturated carbocycles. The summed E-state index contributed by atoms with van der Waals surface area (Å²) in [6.45, 7) is 6.05.